The summed E-state index contributed by atoms with van der Waals surface area (Å²) >= 11 is 0. The topological polar surface area (TPSA) is 70.0 Å². The zero-order valence-corrected chi connectivity index (χ0v) is 10.4. The van der Waals surface area contributed by atoms with Crippen molar-refractivity contribution < 1.29 is 4.74 Å². The number of aromatic nitrogens is 1. The Kier molecular flexibility index (Phi) is 4.94. The molecule has 1 fully saturated rings. The van der Waals surface area contributed by atoms with Crippen LogP contribution in [0.5, 0.6) is 0 Å². The summed E-state index contributed by atoms with van der Waals surface area (Å²) in [6, 6.07) is 5.74. The minimum absolute atomic E-state index is 0.373. The van der Waals surface area contributed by atoms with Crippen molar-refractivity contribution in [1.82, 2.24) is 10.3 Å². The normalized spacial score (nSPS) is 16.2. The van der Waals surface area contributed by atoms with Crippen molar-refractivity contribution in [2.24, 2.45) is 0 Å². The van der Waals surface area contributed by atoms with Crippen LogP contribution in [0.15, 0.2) is 18.3 Å². The smallest absolute Gasteiger partial charge is 0.163 e. The molecular weight excluding hydrogens is 228 g/mol. The number of nitrogens with one attached hydrogen (secondary N) is 2. The van der Waals surface area contributed by atoms with E-state index in [1.165, 1.54) is 0 Å². The molecule has 1 saturated heterocycles. The number of pyridine rings is 1. The van der Waals surface area contributed by atoms with E-state index in [4.69, 9.17) is 10.00 Å². The van der Waals surface area contributed by atoms with E-state index in [-0.39, 0.29) is 0 Å². The number of piperidine rings is 1. The molecule has 1 aromatic heterocycles. The van der Waals surface area contributed by atoms with Gasteiger partial charge in [-0.05, 0) is 38.1 Å². The summed E-state index contributed by atoms with van der Waals surface area (Å²) < 4.78 is 5.77. The Balaban J connectivity index is 1.70. The Hall–Kier alpha value is -1.64. The number of anilines is 1. The van der Waals surface area contributed by atoms with Gasteiger partial charge in [-0.3, -0.25) is 0 Å². The lowest BCUT2D eigenvalue weighted by atomic mass is 10.1. The summed E-state index contributed by atoms with van der Waals surface area (Å²) in [5.41, 5.74) is 1.20. The highest BCUT2D eigenvalue weighted by Crippen LogP contribution is 2.10. The van der Waals surface area contributed by atoms with Crippen LogP contribution in [0.25, 0.3) is 0 Å². The van der Waals surface area contributed by atoms with Gasteiger partial charge in [-0.1, -0.05) is 0 Å². The zero-order chi connectivity index (χ0) is 12.6. The first kappa shape index (κ1) is 12.8. The lowest BCUT2D eigenvalue weighted by molar-refractivity contribution is 0.0394. The molecule has 0 atom stereocenters. The predicted octanol–water partition coefficient (Wildman–Crippen LogP) is 1.13. The summed E-state index contributed by atoms with van der Waals surface area (Å²) in [7, 11) is 0. The van der Waals surface area contributed by atoms with E-state index < -0.39 is 0 Å². The van der Waals surface area contributed by atoms with Gasteiger partial charge in [0.05, 0.1) is 18.4 Å². The van der Waals surface area contributed by atoms with Crippen molar-refractivity contribution in [3.8, 4) is 6.07 Å². The molecule has 2 N–H and O–H groups in total. The van der Waals surface area contributed by atoms with E-state index in [1.54, 1.807) is 6.20 Å². The second-order valence-electron chi connectivity index (χ2n) is 4.26. The molecule has 1 aliphatic heterocycles. The molecule has 0 aromatic carbocycles. The van der Waals surface area contributed by atoms with Crippen LogP contribution in [0.2, 0.25) is 0 Å². The van der Waals surface area contributed by atoms with Gasteiger partial charge in [-0.2, -0.15) is 5.26 Å². The molecule has 0 unspecified atom stereocenters. The predicted molar refractivity (Wildman–Crippen MR) is 69.3 cm³/mol. The lowest BCUT2D eigenvalue weighted by Crippen LogP contribution is -2.33. The minimum atomic E-state index is 0.373. The van der Waals surface area contributed by atoms with Crippen LogP contribution in [0.1, 0.15) is 18.5 Å². The van der Waals surface area contributed by atoms with Crippen molar-refractivity contribution in [1.29, 1.82) is 5.26 Å². The Labute approximate surface area is 107 Å². The van der Waals surface area contributed by atoms with Crippen LogP contribution in [0.4, 0.5) is 5.69 Å². The van der Waals surface area contributed by atoms with Gasteiger partial charge in [-0.25, -0.2) is 4.98 Å². The van der Waals surface area contributed by atoms with Gasteiger partial charge in [0.25, 0.3) is 0 Å². The zero-order valence-electron chi connectivity index (χ0n) is 10.4. The number of hydrogen-bond acceptors (Lipinski definition) is 5. The number of hydrogen-bond donors (Lipinski definition) is 2. The Morgan fingerprint density at radius 1 is 1.50 bits per heavy atom. The maximum absolute atomic E-state index is 8.89. The number of nitrogens with zero attached hydrogens (tertiary/aromatic N) is 2. The van der Waals surface area contributed by atoms with Crippen LogP contribution < -0.4 is 10.6 Å². The summed E-state index contributed by atoms with van der Waals surface area (Å²) in [4.78, 5) is 3.99. The molecule has 0 spiro atoms. The largest absolute Gasteiger partial charge is 0.380 e. The molecule has 0 aliphatic carbocycles. The first-order valence-corrected chi connectivity index (χ1v) is 6.31. The fourth-order valence-electron chi connectivity index (χ4n) is 2.01. The highest BCUT2D eigenvalue weighted by atomic mass is 16.5. The Bertz CT molecular complexity index is 410. The highest BCUT2D eigenvalue weighted by Gasteiger charge is 2.12. The molecule has 1 aliphatic rings. The fraction of sp³-hybridized carbons (Fsp3) is 0.538. The maximum Gasteiger partial charge on any atom is 0.163 e. The van der Waals surface area contributed by atoms with Crippen molar-refractivity contribution in [2.45, 2.75) is 18.9 Å². The van der Waals surface area contributed by atoms with E-state index in [0.717, 1.165) is 31.6 Å². The summed E-state index contributed by atoms with van der Waals surface area (Å²) in [5.74, 6) is 0. The molecule has 2 heterocycles. The lowest BCUT2D eigenvalue weighted by Gasteiger charge is -2.23. The first-order chi connectivity index (χ1) is 8.90. The third kappa shape index (κ3) is 3.69. The average molecular weight is 246 g/mol. The van der Waals surface area contributed by atoms with Crippen molar-refractivity contribution in [3.05, 3.63) is 24.0 Å². The van der Waals surface area contributed by atoms with E-state index >= 15 is 0 Å². The van der Waals surface area contributed by atoms with E-state index in [9.17, 15) is 0 Å². The Morgan fingerprint density at radius 3 is 3.11 bits per heavy atom. The standard InChI is InChI=1S/C13H18N4O/c14-10-13-12(2-1-5-16-13)17-8-9-18-11-3-6-15-7-4-11/h1-2,5,11,15,17H,3-4,6-9H2. The van der Waals surface area contributed by atoms with Gasteiger partial charge in [0.2, 0.25) is 0 Å². The molecule has 2 rings (SSSR count). The Morgan fingerprint density at radius 2 is 2.33 bits per heavy atom. The van der Waals surface area contributed by atoms with Crippen LogP contribution in [-0.4, -0.2) is 37.3 Å². The molecule has 0 amide bonds. The summed E-state index contributed by atoms with van der Waals surface area (Å²) in [6.45, 7) is 3.44. The second-order valence-corrected chi connectivity index (χ2v) is 4.26. The average Bonchev–Trinajstić information content (AvgIpc) is 2.45. The molecule has 5 nitrogen and oxygen atoms in total. The molecule has 18 heavy (non-hydrogen) atoms. The van der Waals surface area contributed by atoms with Crippen molar-refractivity contribution in [2.75, 3.05) is 31.6 Å². The molecular formula is C13H18N4O. The molecule has 1 aromatic rings. The molecule has 0 saturated carbocycles. The number of rotatable bonds is 5. The monoisotopic (exact) mass is 246 g/mol. The quantitative estimate of drug-likeness (QED) is 0.762. The van der Waals surface area contributed by atoms with E-state index in [0.29, 0.717) is 24.9 Å². The van der Waals surface area contributed by atoms with Gasteiger partial charge in [-0.15, -0.1) is 0 Å². The SMILES string of the molecule is N#Cc1ncccc1NCCOC1CCNCC1. The molecule has 5 heteroatoms. The second kappa shape index (κ2) is 6.94. The van der Waals surface area contributed by atoms with Gasteiger partial charge >= 0.3 is 0 Å². The maximum atomic E-state index is 8.89. The van der Waals surface area contributed by atoms with Gasteiger partial charge in [0, 0.05) is 12.7 Å². The third-order valence-corrected chi connectivity index (χ3v) is 2.97. The number of nitriles is 1. The molecule has 96 valence electrons. The van der Waals surface area contributed by atoms with E-state index in [1.807, 2.05) is 12.1 Å². The van der Waals surface area contributed by atoms with Crippen LogP contribution in [-0.2, 0) is 4.74 Å². The van der Waals surface area contributed by atoms with Crippen LogP contribution in [0.3, 0.4) is 0 Å². The molecule has 0 bridgehead atoms. The van der Waals surface area contributed by atoms with Crippen molar-refractivity contribution >= 4 is 5.69 Å². The molecule has 0 radical (unpaired) electrons. The minimum Gasteiger partial charge on any atom is -0.380 e. The van der Waals surface area contributed by atoms with E-state index in [2.05, 4.69) is 21.7 Å². The van der Waals surface area contributed by atoms with Gasteiger partial charge < -0.3 is 15.4 Å². The van der Waals surface area contributed by atoms with Crippen LogP contribution >= 0.6 is 0 Å². The summed E-state index contributed by atoms with van der Waals surface area (Å²) in [6.07, 6.45) is 4.15. The van der Waals surface area contributed by atoms with Gasteiger partial charge in [0.1, 0.15) is 6.07 Å². The third-order valence-electron chi connectivity index (χ3n) is 2.97. The van der Waals surface area contributed by atoms with Gasteiger partial charge in [0.15, 0.2) is 5.69 Å². The van der Waals surface area contributed by atoms with Crippen LogP contribution in [0, 0.1) is 11.3 Å². The highest BCUT2D eigenvalue weighted by molar-refractivity contribution is 5.53. The fourth-order valence-corrected chi connectivity index (χ4v) is 2.01. The summed E-state index contributed by atoms with van der Waals surface area (Å²) in [5, 5.41) is 15.4. The first-order valence-electron chi connectivity index (χ1n) is 6.31. The number of ether oxygens (including phenoxy) is 1. The van der Waals surface area contributed by atoms with Crippen molar-refractivity contribution in [3.63, 3.8) is 0 Å².